The molecule has 0 fully saturated rings. The molecule has 0 aliphatic carbocycles. The van der Waals surface area contributed by atoms with E-state index >= 15 is 0 Å². The zero-order valence-corrected chi connectivity index (χ0v) is 17.1. The van der Waals surface area contributed by atoms with Gasteiger partial charge in [-0.05, 0) is 45.0 Å². The molecule has 1 atom stereocenters. The Kier molecular flexibility index (Phi) is 4.87. The lowest BCUT2D eigenvalue weighted by molar-refractivity contribution is -0.126. The summed E-state index contributed by atoms with van der Waals surface area (Å²) in [6, 6.07) is 16.7. The number of hydrogen-bond acceptors (Lipinski definition) is 6. The SMILES string of the molecule is C[C@@H](Sc1nnc(-c2ccccc2)o1)C(=O)N1c2ccccc2NC(=O)C1(C)C. The number of carbonyl (C=O) groups is 2. The second kappa shape index (κ2) is 7.36. The van der Waals surface area contributed by atoms with Crippen LogP contribution in [0.3, 0.4) is 0 Å². The summed E-state index contributed by atoms with van der Waals surface area (Å²) in [6.07, 6.45) is 0. The summed E-state index contributed by atoms with van der Waals surface area (Å²) in [7, 11) is 0. The summed E-state index contributed by atoms with van der Waals surface area (Å²) >= 11 is 1.17. The van der Waals surface area contributed by atoms with Crippen molar-refractivity contribution in [1.82, 2.24) is 10.2 Å². The Labute approximate surface area is 172 Å². The summed E-state index contributed by atoms with van der Waals surface area (Å²) in [6.45, 7) is 5.23. The molecule has 0 unspecified atom stereocenters. The number of hydrogen-bond donors (Lipinski definition) is 1. The quantitative estimate of drug-likeness (QED) is 0.657. The summed E-state index contributed by atoms with van der Waals surface area (Å²) in [5.74, 6) is -0.0385. The first-order chi connectivity index (χ1) is 13.9. The molecular weight excluding hydrogens is 388 g/mol. The molecule has 0 saturated heterocycles. The smallest absolute Gasteiger partial charge is 0.277 e. The minimum atomic E-state index is -1.02. The molecule has 29 heavy (non-hydrogen) atoms. The van der Waals surface area contributed by atoms with Crippen LogP contribution in [0.2, 0.25) is 0 Å². The van der Waals surface area contributed by atoms with Crippen molar-refractivity contribution >= 4 is 35.0 Å². The van der Waals surface area contributed by atoms with Crippen molar-refractivity contribution in [2.75, 3.05) is 10.2 Å². The van der Waals surface area contributed by atoms with Crippen LogP contribution in [0.15, 0.2) is 64.2 Å². The van der Waals surface area contributed by atoms with Crippen molar-refractivity contribution < 1.29 is 14.0 Å². The highest BCUT2D eigenvalue weighted by molar-refractivity contribution is 8.00. The second-order valence-electron chi connectivity index (χ2n) is 7.20. The second-order valence-corrected chi connectivity index (χ2v) is 8.50. The molecule has 1 aliphatic heterocycles. The number of aromatic nitrogens is 2. The van der Waals surface area contributed by atoms with Gasteiger partial charge in [0, 0.05) is 5.56 Å². The lowest BCUT2D eigenvalue weighted by atomic mass is 9.96. The molecule has 0 spiro atoms. The predicted octanol–water partition coefficient (Wildman–Crippen LogP) is 3.98. The van der Waals surface area contributed by atoms with Gasteiger partial charge in [-0.2, -0.15) is 0 Å². The number of carbonyl (C=O) groups excluding carboxylic acids is 2. The van der Waals surface area contributed by atoms with E-state index in [4.69, 9.17) is 4.42 Å². The van der Waals surface area contributed by atoms with Crippen molar-refractivity contribution in [3.8, 4) is 11.5 Å². The molecule has 2 amide bonds. The van der Waals surface area contributed by atoms with Gasteiger partial charge in [-0.1, -0.05) is 42.1 Å². The molecule has 2 heterocycles. The standard InChI is InChI=1S/C21H20N4O3S/c1-13(29-20-24-23-17(28-20)14-9-5-4-6-10-14)18(26)25-16-12-8-7-11-15(16)22-19(27)21(25,2)3/h4-13H,1-3H3,(H,22,27)/t13-/m1/s1. The average molecular weight is 408 g/mol. The van der Waals surface area contributed by atoms with Gasteiger partial charge < -0.3 is 9.73 Å². The number of nitrogens with zero attached hydrogens (tertiary/aromatic N) is 3. The van der Waals surface area contributed by atoms with E-state index in [2.05, 4.69) is 15.5 Å². The molecule has 0 radical (unpaired) electrons. The maximum absolute atomic E-state index is 13.3. The monoisotopic (exact) mass is 408 g/mol. The van der Waals surface area contributed by atoms with Crippen molar-refractivity contribution in [2.45, 2.75) is 36.8 Å². The van der Waals surface area contributed by atoms with Crippen molar-refractivity contribution in [2.24, 2.45) is 0 Å². The van der Waals surface area contributed by atoms with Gasteiger partial charge in [-0.15, -0.1) is 10.2 Å². The third-order valence-corrected chi connectivity index (χ3v) is 5.70. The van der Waals surface area contributed by atoms with Crippen LogP contribution in [0.1, 0.15) is 20.8 Å². The Morgan fingerprint density at radius 3 is 2.55 bits per heavy atom. The van der Waals surface area contributed by atoms with Gasteiger partial charge in [0.05, 0.1) is 16.6 Å². The molecule has 2 aromatic carbocycles. The van der Waals surface area contributed by atoms with Gasteiger partial charge in [-0.25, -0.2) is 0 Å². The fourth-order valence-corrected chi connectivity index (χ4v) is 3.91. The maximum Gasteiger partial charge on any atom is 0.277 e. The Morgan fingerprint density at radius 2 is 1.79 bits per heavy atom. The van der Waals surface area contributed by atoms with Crippen molar-refractivity contribution in [3.63, 3.8) is 0 Å². The Balaban J connectivity index is 1.58. The largest absolute Gasteiger partial charge is 0.411 e. The minimum Gasteiger partial charge on any atom is -0.411 e. The highest BCUT2D eigenvalue weighted by Gasteiger charge is 2.45. The molecule has 148 valence electrons. The fourth-order valence-electron chi connectivity index (χ4n) is 3.18. The van der Waals surface area contributed by atoms with Crippen LogP contribution in [-0.4, -0.2) is 32.8 Å². The molecular formula is C21H20N4O3S. The van der Waals surface area contributed by atoms with Gasteiger partial charge in [0.1, 0.15) is 5.54 Å². The van der Waals surface area contributed by atoms with E-state index in [1.807, 2.05) is 48.5 Å². The van der Waals surface area contributed by atoms with Crippen LogP contribution >= 0.6 is 11.8 Å². The molecule has 3 aromatic rings. The molecule has 4 rings (SSSR count). The van der Waals surface area contributed by atoms with E-state index in [0.717, 1.165) is 5.56 Å². The number of fused-ring (bicyclic) bond motifs is 1. The number of amides is 2. The summed E-state index contributed by atoms with van der Waals surface area (Å²) in [4.78, 5) is 27.5. The van der Waals surface area contributed by atoms with Crippen molar-refractivity contribution in [3.05, 3.63) is 54.6 Å². The number of benzene rings is 2. The molecule has 1 N–H and O–H groups in total. The van der Waals surface area contributed by atoms with Crippen molar-refractivity contribution in [1.29, 1.82) is 0 Å². The lowest BCUT2D eigenvalue weighted by Crippen LogP contribution is -2.60. The Hall–Kier alpha value is -3.13. The van der Waals surface area contributed by atoms with Crippen LogP contribution < -0.4 is 10.2 Å². The van der Waals surface area contributed by atoms with E-state index in [-0.39, 0.29) is 11.8 Å². The van der Waals surface area contributed by atoms with E-state index in [9.17, 15) is 9.59 Å². The number of para-hydroxylation sites is 2. The molecule has 1 aromatic heterocycles. The topological polar surface area (TPSA) is 88.3 Å². The predicted molar refractivity (Wildman–Crippen MR) is 112 cm³/mol. The van der Waals surface area contributed by atoms with E-state index in [1.54, 1.807) is 31.7 Å². The summed E-state index contributed by atoms with van der Waals surface area (Å²) < 4.78 is 5.71. The lowest BCUT2D eigenvalue weighted by Gasteiger charge is -2.42. The fraction of sp³-hybridized carbons (Fsp3) is 0.238. The van der Waals surface area contributed by atoms with E-state index < -0.39 is 10.8 Å². The van der Waals surface area contributed by atoms with Gasteiger partial charge in [-0.3, -0.25) is 14.5 Å². The van der Waals surface area contributed by atoms with Crippen LogP contribution in [0.5, 0.6) is 0 Å². The van der Waals surface area contributed by atoms with E-state index in [0.29, 0.717) is 22.5 Å². The summed E-state index contributed by atoms with van der Waals surface area (Å²) in [5, 5.41) is 10.8. The van der Waals surface area contributed by atoms with Crippen LogP contribution in [0.4, 0.5) is 11.4 Å². The zero-order chi connectivity index (χ0) is 20.6. The summed E-state index contributed by atoms with van der Waals surface area (Å²) in [5.41, 5.74) is 1.08. The third-order valence-electron chi connectivity index (χ3n) is 4.78. The first-order valence-corrected chi connectivity index (χ1v) is 10.1. The van der Waals surface area contributed by atoms with Crippen LogP contribution in [0, 0.1) is 0 Å². The molecule has 0 saturated carbocycles. The van der Waals surface area contributed by atoms with Crippen LogP contribution in [-0.2, 0) is 9.59 Å². The number of rotatable bonds is 4. The maximum atomic E-state index is 13.3. The molecule has 0 bridgehead atoms. The van der Waals surface area contributed by atoms with E-state index in [1.165, 1.54) is 11.8 Å². The molecule has 8 heteroatoms. The first-order valence-electron chi connectivity index (χ1n) is 9.18. The Morgan fingerprint density at radius 1 is 1.10 bits per heavy atom. The number of anilines is 2. The Bertz CT molecular complexity index is 1060. The van der Waals surface area contributed by atoms with Gasteiger partial charge >= 0.3 is 0 Å². The van der Waals surface area contributed by atoms with Crippen LogP contribution in [0.25, 0.3) is 11.5 Å². The first kappa shape index (κ1) is 19.2. The van der Waals surface area contributed by atoms with Gasteiger partial charge in [0.15, 0.2) is 0 Å². The van der Waals surface area contributed by atoms with Gasteiger partial charge in [0.2, 0.25) is 17.7 Å². The highest BCUT2D eigenvalue weighted by Crippen LogP contribution is 2.38. The highest BCUT2D eigenvalue weighted by atomic mass is 32.2. The normalized spacial score (nSPS) is 16.1. The zero-order valence-electron chi connectivity index (χ0n) is 16.2. The van der Waals surface area contributed by atoms with Gasteiger partial charge in [0.25, 0.3) is 5.22 Å². The molecule has 1 aliphatic rings. The molecule has 7 nitrogen and oxygen atoms in total. The average Bonchev–Trinajstić information content (AvgIpc) is 3.17. The number of thioether (sulfide) groups is 1. The minimum absolute atomic E-state index is 0.207. The third kappa shape index (κ3) is 3.51. The number of nitrogens with one attached hydrogen (secondary N) is 1.